The fourth-order valence-corrected chi connectivity index (χ4v) is 3.07. The number of carbonyl (C=O) groups excluding carboxylic acids is 1. The van der Waals surface area contributed by atoms with Crippen molar-refractivity contribution in [3.8, 4) is 22.4 Å². The number of rotatable bonds is 4. The van der Waals surface area contributed by atoms with E-state index in [1.54, 1.807) is 6.92 Å². The Morgan fingerprint density at radius 1 is 0.933 bits per heavy atom. The van der Waals surface area contributed by atoms with E-state index in [4.69, 9.17) is 4.74 Å². The fraction of sp³-hybridized carbons (Fsp3) is 0.190. The van der Waals surface area contributed by atoms with Gasteiger partial charge in [-0.25, -0.2) is 4.79 Å². The second kappa shape index (κ2) is 7.89. The molecule has 0 aliphatic carbocycles. The first-order valence-electron chi connectivity index (χ1n) is 8.76. The summed E-state index contributed by atoms with van der Waals surface area (Å²) in [5.41, 5.74) is -2.16. The van der Waals surface area contributed by atoms with Crippen LogP contribution in [-0.2, 0) is 17.1 Å². The Bertz CT molecular complexity index is 1050. The van der Waals surface area contributed by atoms with Gasteiger partial charge in [-0.3, -0.25) is 0 Å². The van der Waals surface area contributed by atoms with Crippen LogP contribution in [0.4, 0.5) is 26.3 Å². The third-order valence-corrected chi connectivity index (χ3v) is 4.38. The van der Waals surface area contributed by atoms with Crippen LogP contribution in [0.15, 0.2) is 54.7 Å². The number of halogens is 6. The van der Waals surface area contributed by atoms with Gasteiger partial charge in [0.25, 0.3) is 0 Å². The van der Waals surface area contributed by atoms with Crippen molar-refractivity contribution < 1.29 is 35.9 Å². The summed E-state index contributed by atoms with van der Waals surface area (Å²) >= 11 is 0. The highest BCUT2D eigenvalue weighted by molar-refractivity contribution is 6.02. The number of alkyl halides is 6. The third kappa shape index (κ3) is 4.19. The molecule has 0 saturated carbocycles. The Morgan fingerprint density at radius 3 is 2.13 bits per heavy atom. The van der Waals surface area contributed by atoms with Crippen molar-refractivity contribution >= 4 is 5.97 Å². The van der Waals surface area contributed by atoms with E-state index in [1.807, 2.05) is 0 Å². The fourth-order valence-electron chi connectivity index (χ4n) is 3.07. The molecule has 0 atom stereocenters. The number of H-pyrrole nitrogens is 1. The van der Waals surface area contributed by atoms with E-state index in [-0.39, 0.29) is 34.6 Å². The molecule has 0 unspecified atom stereocenters. The summed E-state index contributed by atoms with van der Waals surface area (Å²) in [5.74, 6) is -0.848. The van der Waals surface area contributed by atoms with E-state index in [2.05, 4.69) is 4.98 Å². The van der Waals surface area contributed by atoms with Gasteiger partial charge in [-0.15, -0.1) is 0 Å². The van der Waals surface area contributed by atoms with Gasteiger partial charge < -0.3 is 9.72 Å². The minimum Gasteiger partial charge on any atom is -0.462 e. The highest BCUT2D eigenvalue weighted by atomic mass is 19.4. The van der Waals surface area contributed by atoms with E-state index in [0.717, 1.165) is 30.3 Å². The number of carbonyl (C=O) groups is 1. The summed E-state index contributed by atoms with van der Waals surface area (Å²) in [5, 5.41) is 0. The van der Waals surface area contributed by atoms with E-state index in [9.17, 15) is 31.1 Å². The molecule has 1 aromatic heterocycles. The molecule has 3 aromatic rings. The Kier molecular flexibility index (Phi) is 5.65. The molecule has 3 nitrogen and oxygen atoms in total. The first-order chi connectivity index (χ1) is 14.0. The van der Waals surface area contributed by atoms with Crippen molar-refractivity contribution in [2.75, 3.05) is 6.61 Å². The molecule has 0 aliphatic rings. The molecule has 158 valence electrons. The SMILES string of the molecule is CCOC(=O)c1c[nH]c(-c2ccc(C(F)(F)F)cc2)c1-c1ccccc1C(F)(F)F. The van der Waals surface area contributed by atoms with Crippen LogP contribution in [0.1, 0.15) is 28.4 Å². The van der Waals surface area contributed by atoms with Crippen molar-refractivity contribution in [2.45, 2.75) is 19.3 Å². The van der Waals surface area contributed by atoms with Crippen molar-refractivity contribution in [3.05, 3.63) is 71.4 Å². The lowest BCUT2D eigenvalue weighted by molar-refractivity contribution is -0.138. The predicted octanol–water partition coefficient (Wildman–Crippen LogP) is 6.56. The largest absolute Gasteiger partial charge is 0.462 e. The van der Waals surface area contributed by atoms with Crippen LogP contribution in [0.25, 0.3) is 22.4 Å². The first-order valence-corrected chi connectivity index (χ1v) is 8.76. The molecule has 1 N–H and O–H groups in total. The van der Waals surface area contributed by atoms with Crippen LogP contribution in [0.5, 0.6) is 0 Å². The average Bonchev–Trinajstić information content (AvgIpc) is 3.12. The summed E-state index contributed by atoms with van der Waals surface area (Å²) < 4.78 is 84.3. The third-order valence-electron chi connectivity index (χ3n) is 4.38. The number of ether oxygens (including phenoxy) is 1. The van der Waals surface area contributed by atoms with Gasteiger partial charge in [0.05, 0.1) is 29.0 Å². The molecular formula is C21H15F6NO2. The smallest absolute Gasteiger partial charge is 0.417 e. The lowest BCUT2D eigenvalue weighted by Gasteiger charge is -2.15. The topological polar surface area (TPSA) is 42.1 Å². The lowest BCUT2D eigenvalue weighted by atomic mass is 9.93. The molecule has 0 radical (unpaired) electrons. The lowest BCUT2D eigenvalue weighted by Crippen LogP contribution is -2.09. The number of hydrogen-bond acceptors (Lipinski definition) is 2. The summed E-state index contributed by atoms with van der Waals surface area (Å²) in [6.45, 7) is 1.55. The quantitative estimate of drug-likeness (QED) is 0.378. The number of esters is 1. The maximum Gasteiger partial charge on any atom is 0.417 e. The summed E-state index contributed by atoms with van der Waals surface area (Å²) in [6, 6.07) is 8.55. The number of hydrogen-bond donors (Lipinski definition) is 1. The molecule has 0 bridgehead atoms. The van der Waals surface area contributed by atoms with Gasteiger partial charge >= 0.3 is 18.3 Å². The van der Waals surface area contributed by atoms with Crippen LogP contribution >= 0.6 is 0 Å². The summed E-state index contributed by atoms with van der Waals surface area (Å²) in [7, 11) is 0. The highest BCUT2D eigenvalue weighted by Crippen LogP contribution is 2.42. The molecule has 3 rings (SSSR count). The van der Waals surface area contributed by atoms with Gasteiger partial charge in [-0.1, -0.05) is 30.3 Å². The van der Waals surface area contributed by atoms with E-state index < -0.39 is 29.4 Å². The first kappa shape index (κ1) is 21.5. The normalized spacial score (nSPS) is 12.1. The van der Waals surface area contributed by atoms with Gasteiger partial charge in [-0.05, 0) is 36.2 Å². The molecule has 0 amide bonds. The number of aromatic nitrogens is 1. The minimum absolute atomic E-state index is 0.0000159. The zero-order valence-corrected chi connectivity index (χ0v) is 15.5. The van der Waals surface area contributed by atoms with Gasteiger partial charge in [0.2, 0.25) is 0 Å². The maximum absolute atomic E-state index is 13.6. The van der Waals surface area contributed by atoms with E-state index in [0.29, 0.717) is 0 Å². The Morgan fingerprint density at radius 2 is 1.57 bits per heavy atom. The number of benzene rings is 2. The predicted molar refractivity (Wildman–Crippen MR) is 97.6 cm³/mol. The molecule has 0 saturated heterocycles. The Hall–Kier alpha value is -3.23. The van der Waals surface area contributed by atoms with Gasteiger partial charge in [0.1, 0.15) is 0 Å². The maximum atomic E-state index is 13.6. The van der Waals surface area contributed by atoms with Gasteiger partial charge in [0, 0.05) is 11.8 Å². The second-order valence-corrected chi connectivity index (χ2v) is 6.29. The average molecular weight is 427 g/mol. The van der Waals surface area contributed by atoms with Gasteiger partial charge in [-0.2, -0.15) is 26.3 Å². The van der Waals surface area contributed by atoms with Crippen molar-refractivity contribution in [3.63, 3.8) is 0 Å². The highest BCUT2D eigenvalue weighted by Gasteiger charge is 2.36. The van der Waals surface area contributed by atoms with E-state index >= 15 is 0 Å². The molecule has 2 aromatic carbocycles. The van der Waals surface area contributed by atoms with Crippen LogP contribution in [0.3, 0.4) is 0 Å². The van der Waals surface area contributed by atoms with Crippen LogP contribution < -0.4 is 0 Å². The molecule has 0 fully saturated rings. The molecule has 1 heterocycles. The molecular weight excluding hydrogens is 412 g/mol. The standard InChI is InChI=1S/C21H15F6NO2/c1-2-30-19(29)15-11-28-18(12-7-9-13(10-8-12)20(22,23)24)17(15)14-5-3-4-6-16(14)21(25,26)27/h3-11,28H,2H2,1H3. The van der Waals surface area contributed by atoms with E-state index in [1.165, 1.54) is 24.4 Å². The zero-order chi connectivity index (χ0) is 22.1. The monoisotopic (exact) mass is 427 g/mol. The zero-order valence-electron chi connectivity index (χ0n) is 15.5. The van der Waals surface area contributed by atoms with Crippen LogP contribution in [0, 0.1) is 0 Å². The van der Waals surface area contributed by atoms with Crippen LogP contribution in [0.2, 0.25) is 0 Å². The second-order valence-electron chi connectivity index (χ2n) is 6.29. The van der Waals surface area contributed by atoms with Crippen molar-refractivity contribution in [2.24, 2.45) is 0 Å². The van der Waals surface area contributed by atoms with Crippen molar-refractivity contribution in [1.82, 2.24) is 4.98 Å². The van der Waals surface area contributed by atoms with Gasteiger partial charge in [0.15, 0.2) is 0 Å². The summed E-state index contributed by atoms with van der Waals surface area (Å²) in [4.78, 5) is 15.1. The minimum atomic E-state index is -4.71. The summed E-state index contributed by atoms with van der Waals surface area (Å²) in [6.07, 6.45) is -8.08. The molecule has 0 aliphatic heterocycles. The Balaban J connectivity index is 2.24. The molecule has 0 spiro atoms. The molecule has 9 heteroatoms. The Labute approximate surface area is 167 Å². The van der Waals surface area contributed by atoms with Crippen molar-refractivity contribution in [1.29, 1.82) is 0 Å². The molecule has 30 heavy (non-hydrogen) atoms. The number of aromatic amines is 1. The van der Waals surface area contributed by atoms with Crippen LogP contribution in [-0.4, -0.2) is 17.6 Å². The number of nitrogens with one attached hydrogen (secondary N) is 1.